The lowest BCUT2D eigenvalue weighted by atomic mass is 9.49. The summed E-state index contributed by atoms with van der Waals surface area (Å²) in [5.41, 5.74) is -2.34. The van der Waals surface area contributed by atoms with E-state index in [-0.39, 0.29) is 157 Å². The monoisotopic (exact) mass is 1120 g/mol. The SMILES string of the molecule is C.C.C.C.C.C.CCC(C)(C)C(=O)OCCOCC(=O)OC1(C)CCCCC1.CCC(C)(C)C(=O)OCCOCC(=O)OC1(CC)C2CC3CC(C2)CC1C3.CCC1(OC(=O)COCCOC(=O)C(C)(C)CC)CCCCC1. The van der Waals surface area contributed by atoms with Gasteiger partial charge in [0.2, 0.25) is 0 Å². The van der Waals surface area contributed by atoms with Gasteiger partial charge < -0.3 is 42.6 Å². The Hall–Kier alpha value is -3.30. The van der Waals surface area contributed by atoms with Crippen molar-refractivity contribution in [2.45, 2.75) is 273 Å². The summed E-state index contributed by atoms with van der Waals surface area (Å²) in [5, 5.41) is 0. The molecule has 0 atom stereocenters. The summed E-state index contributed by atoms with van der Waals surface area (Å²) in [6, 6.07) is 0. The van der Waals surface area contributed by atoms with Crippen LogP contribution in [0.3, 0.4) is 0 Å². The van der Waals surface area contributed by atoms with E-state index in [1.807, 2.05) is 69.2 Å². The van der Waals surface area contributed by atoms with Crippen LogP contribution in [-0.4, -0.2) is 112 Å². The maximum Gasteiger partial charge on any atom is 0.332 e. The van der Waals surface area contributed by atoms with Gasteiger partial charge in [-0.15, -0.1) is 0 Å². The van der Waals surface area contributed by atoms with Crippen molar-refractivity contribution in [1.82, 2.24) is 0 Å². The molecule has 6 aliphatic carbocycles. The Balaban J connectivity index is -0.000000510. The van der Waals surface area contributed by atoms with Gasteiger partial charge in [-0.05, 0) is 188 Å². The molecule has 0 aliphatic heterocycles. The molecule has 15 heteroatoms. The third-order valence-electron chi connectivity index (χ3n) is 16.7. The van der Waals surface area contributed by atoms with Crippen LogP contribution in [0.1, 0.15) is 256 Å². The van der Waals surface area contributed by atoms with Crippen LogP contribution in [0.4, 0.5) is 0 Å². The lowest BCUT2D eigenvalue weighted by Gasteiger charge is -2.60. The van der Waals surface area contributed by atoms with E-state index in [1.54, 1.807) is 0 Å². The Kier molecular flexibility index (Phi) is 40.0. The molecule has 0 N–H and O–H groups in total. The first-order valence-electron chi connectivity index (χ1n) is 27.8. The molecule has 15 nitrogen and oxygen atoms in total. The van der Waals surface area contributed by atoms with E-state index in [4.69, 9.17) is 42.6 Å². The number of hydrogen-bond acceptors (Lipinski definition) is 15. The molecule has 0 saturated heterocycles. The summed E-state index contributed by atoms with van der Waals surface area (Å²) in [6.07, 6.45) is 20.8. The topological polar surface area (TPSA) is 185 Å². The fourth-order valence-electron chi connectivity index (χ4n) is 10.8. The van der Waals surface area contributed by atoms with E-state index in [9.17, 15) is 28.8 Å². The molecule has 0 heterocycles. The standard InChI is InChI=1S/C22H36O5.C18H32O5.C17H30O5.6CH4/c1-5-21(3,4)20(24)26-8-7-25-14-19(23)27-22(6-2)17-10-15-9-16(12-17)13-18(22)11-15;1-5-17(3,4)16(20)22-13-12-21-14-15(19)23-18(6-2)10-8-7-9-11-18;1-5-16(2,3)15(19)21-12-11-20-13-14(18)22-17(4)9-7-6-8-10-17;;;;;;/h15-18H,5-14H2,1-4H3;5-14H2,1-4H3;5-13H2,1-4H3;6*1H4. The van der Waals surface area contributed by atoms with E-state index in [2.05, 4.69) is 13.8 Å². The lowest BCUT2D eigenvalue weighted by Crippen LogP contribution is -2.59. The molecule has 0 radical (unpaired) electrons. The molecule has 6 aliphatic rings. The molecule has 464 valence electrons. The van der Waals surface area contributed by atoms with Gasteiger partial charge in [-0.25, -0.2) is 14.4 Å². The smallest absolute Gasteiger partial charge is 0.332 e. The van der Waals surface area contributed by atoms with Crippen molar-refractivity contribution in [2.24, 2.45) is 39.9 Å². The highest BCUT2D eigenvalue weighted by Crippen LogP contribution is 2.60. The fourth-order valence-corrected chi connectivity index (χ4v) is 10.8. The van der Waals surface area contributed by atoms with Gasteiger partial charge in [0.15, 0.2) is 0 Å². The van der Waals surface area contributed by atoms with Gasteiger partial charge >= 0.3 is 35.8 Å². The van der Waals surface area contributed by atoms with E-state index >= 15 is 0 Å². The van der Waals surface area contributed by atoms with Gasteiger partial charge in [0.05, 0.1) is 36.1 Å². The first-order chi connectivity index (χ1) is 33.9. The van der Waals surface area contributed by atoms with Gasteiger partial charge in [0, 0.05) is 0 Å². The normalized spacial score (nSPS) is 22.2. The molecule has 0 aromatic carbocycles. The second-order valence-corrected chi connectivity index (χ2v) is 23.4. The van der Waals surface area contributed by atoms with Gasteiger partial charge in [-0.1, -0.05) is 92.0 Å². The Morgan fingerprint density at radius 1 is 0.410 bits per heavy atom. The van der Waals surface area contributed by atoms with E-state index in [1.165, 1.54) is 44.9 Å². The minimum absolute atomic E-state index is 0. The quantitative estimate of drug-likeness (QED) is 0.0452. The molecule has 4 bridgehead atoms. The maximum atomic E-state index is 12.4. The molecular weight excluding hydrogens is 997 g/mol. The minimum atomic E-state index is -0.480. The number of carbonyl (C=O) groups is 6. The number of carbonyl (C=O) groups excluding carboxylic acids is 6. The van der Waals surface area contributed by atoms with Crippen molar-refractivity contribution in [3.05, 3.63) is 0 Å². The van der Waals surface area contributed by atoms with Gasteiger partial charge in [0.1, 0.15) is 56.4 Å². The van der Waals surface area contributed by atoms with Crippen LogP contribution in [0, 0.1) is 39.9 Å². The zero-order chi connectivity index (χ0) is 53.6. The van der Waals surface area contributed by atoms with Crippen LogP contribution in [0.5, 0.6) is 0 Å². The largest absolute Gasteiger partial charge is 0.463 e. The van der Waals surface area contributed by atoms with Crippen molar-refractivity contribution in [3.8, 4) is 0 Å². The molecule has 6 fully saturated rings. The maximum absolute atomic E-state index is 12.4. The summed E-state index contributed by atoms with van der Waals surface area (Å²) in [5.74, 6) is 1.11. The molecule has 78 heavy (non-hydrogen) atoms. The minimum Gasteiger partial charge on any atom is -0.463 e. The van der Waals surface area contributed by atoms with E-state index in [0.717, 1.165) is 95.3 Å². The van der Waals surface area contributed by atoms with Crippen LogP contribution in [0.2, 0.25) is 0 Å². The number of rotatable bonds is 26. The predicted octanol–water partition coefficient (Wildman–Crippen LogP) is 14.8. The highest BCUT2D eigenvalue weighted by atomic mass is 16.6. The Bertz CT molecular complexity index is 1660. The Labute approximate surface area is 477 Å². The molecule has 6 rings (SSSR count). The van der Waals surface area contributed by atoms with Gasteiger partial charge in [-0.2, -0.15) is 0 Å². The Morgan fingerprint density at radius 2 is 0.731 bits per heavy atom. The highest BCUT2D eigenvalue weighted by molar-refractivity contribution is 5.77. The number of hydrogen-bond donors (Lipinski definition) is 0. The molecule has 0 aromatic rings. The van der Waals surface area contributed by atoms with Crippen LogP contribution >= 0.6 is 0 Å². The average molecular weight is 1120 g/mol. The van der Waals surface area contributed by atoms with Crippen LogP contribution < -0.4 is 0 Å². The third-order valence-corrected chi connectivity index (χ3v) is 16.7. The molecule has 0 aromatic heterocycles. The average Bonchev–Trinajstić information content (AvgIpc) is 3.35. The van der Waals surface area contributed by atoms with Crippen LogP contribution in [-0.2, 0) is 71.4 Å². The molecule has 0 amide bonds. The molecular formula is C63H122O15. The zero-order valence-corrected chi connectivity index (χ0v) is 46.9. The number of ether oxygens (including phenoxy) is 9. The fraction of sp³-hybridized carbons (Fsp3) is 0.905. The first-order valence-corrected chi connectivity index (χ1v) is 27.8. The van der Waals surface area contributed by atoms with Crippen molar-refractivity contribution in [2.75, 3.05) is 59.5 Å². The summed E-state index contributed by atoms with van der Waals surface area (Å²) >= 11 is 0. The molecule has 0 spiro atoms. The van der Waals surface area contributed by atoms with Gasteiger partial charge in [0.25, 0.3) is 0 Å². The summed E-state index contributed by atoms with van der Waals surface area (Å²) in [4.78, 5) is 71.5. The van der Waals surface area contributed by atoms with Crippen LogP contribution in [0.15, 0.2) is 0 Å². The van der Waals surface area contributed by atoms with Gasteiger partial charge in [-0.3, -0.25) is 14.4 Å². The second kappa shape index (κ2) is 38.4. The summed E-state index contributed by atoms with van der Waals surface area (Å²) < 4.78 is 48.7. The van der Waals surface area contributed by atoms with E-state index < -0.39 is 16.2 Å². The zero-order valence-electron chi connectivity index (χ0n) is 46.9. The van der Waals surface area contributed by atoms with Crippen molar-refractivity contribution >= 4 is 35.8 Å². The highest BCUT2D eigenvalue weighted by Gasteiger charge is 2.58. The van der Waals surface area contributed by atoms with E-state index in [0.29, 0.717) is 11.8 Å². The van der Waals surface area contributed by atoms with Crippen molar-refractivity contribution in [1.29, 1.82) is 0 Å². The Morgan fingerprint density at radius 3 is 1.05 bits per heavy atom. The molecule has 6 saturated carbocycles. The third kappa shape index (κ3) is 25.7. The summed E-state index contributed by atoms with van der Waals surface area (Å²) in [7, 11) is 0. The van der Waals surface area contributed by atoms with Crippen molar-refractivity contribution in [3.63, 3.8) is 0 Å². The first kappa shape index (κ1) is 81.2. The lowest BCUT2D eigenvalue weighted by molar-refractivity contribution is -0.214. The second-order valence-electron chi connectivity index (χ2n) is 23.4. The van der Waals surface area contributed by atoms with Crippen molar-refractivity contribution < 1.29 is 71.4 Å². The van der Waals surface area contributed by atoms with Crippen LogP contribution in [0.25, 0.3) is 0 Å². The number of esters is 6. The predicted molar refractivity (Wildman–Crippen MR) is 314 cm³/mol. The molecule has 0 unspecified atom stereocenters. The summed E-state index contributed by atoms with van der Waals surface area (Å²) in [6.45, 7) is 24.1.